The molecule has 0 aliphatic rings. The molecular formula is C20H33ClN4O4S. The fourth-order valence-corrected chi connectivity index (χ4v) is 3.37. The third-order valence-electron chi connectivity index (χ3n) is 4.32. The van der Waals surface area contributed by atoms with Crippen LogP contribution < -0.4 is 21.7 Å². The Hall–Kier alpha value is -1.81. The number of nitrogens with zero attached hydrogens (tertiary/aromatic N) is 1. The van der Waals surface area contributed by atoms with Crippen molar-refractivity contribution < 1.29 is 19.5 Å². The van der Waals surface area contributed by atoms with E-state index in [-0.39, 0.29) is 31.2 Å². The molecule has 10 heteroatoms. The van der Waals surface area contributed by atoms with Crippen molar-refractivity contribution in [3.05, 3.63) is 30.3 Å². The number of benzene rings is 1. The molecule has 2 atom stereocenters. The number of carbonyl (C=O) groups excluding carboxylic acids is 3. The van der Waals surface area contributed by atoms with E-state index in [1.54, 1.807) is 36.0 Å². The van der Waals surface area contributed by atoms with Crippen molar-refractivity contribution in [3.8, 4) is 0 Å². The first-order valence-electron chi connectivity index (χ1n) is 9.79. The molecule has 1 aromatic rings. The van der Waals surface area contributed by atoms with E-state index in [0.717, 1.165) is 11.5 Å². The zero-order valence-corrected chi connectivity index (χ0v) is 18.9. The van der Waals surface area contributed by atoms with E-state index in [4.69, 9.17) is 11.5 Å². The first-order valence-corrected chi connectivity index (χ1v) is 10.9. The number of urea groups is 1. The summed E-state index contributed by atoms with van der Waals surface area (Å²) in [5.74, 6) is 1.16. The second-order valence-electron chi connectivity index (χ2n) is 6.64. The number of halogens is 1. The highest BCUT2D eigenvalue weighted by Crippen LogP contribution is 2.13. The average Bonchev–Trinajstić information content (AvgIpc) is 2.71. The van der Waals surface area contributed by atoms with Gasteiger partial charge in [-0.15, -0.1) is 12.4 Å². The number of hydrogen-bond acceptors (Lipinski definition) is 6. The number of aliphatic hydroxyl groups excluding tert-OH is 1. The van der Waals surface area contributed by atoms with Gasteiger partial charge in [-0.25, -0.2) is 4.79 Å². The van der Waals surface area contributed by atoms with Crippen molar-refractivity contribution in [2.45, 2.75) is 44.8 Å². The van der Waals surface area contributed by atoms with Gasteiger partial charge in [0.05, 0.1) is 6.54 Å². The van der Waals surface area contributed by atoms with Gasteiger partial charge >= 0.3 is 6.03 Å². The molecule has 0 radical (unpaired) electrons. The first-order chi connectivity index (χ1) is 13.9. The molecule has 170 valence electrons. The van der Waals surface area contributed by atoms with Crippen LogP contribution in [0, 0.1) is 0 Å². The summed E-state index contributed by atoms with van der Waals surface area (Å²) in [7, 11) is 0. The molecule has 0 spiro atoms. The number of thioether (sulfide) groups is 1. The summed E-state index contributed by atoms with van der Waals surface area (Å²) in [6.07, 6.45) is 0.731. The van der Waals surface area contributed by atoms with Crippen LogP contribution in [0.3, 0.4) is 0 Å². The predicted molar refractivity (Wildman–Crippen MR) is 124 cm³/mol. The van der Waals surface area contributed by atoms with Crippen LogP contribution >= 0.6 is 24.2 Å². The Bertz CT molecular complexity index is 651. The molecule has 8 nitrogen and oxygen atoms in total. The van der Waals surface area contributed by atoms with Gasteiger partial charge in [0.2, 0.25) is 5.91 Å². The van der Waals surface area contributed by atoms with Crippen LogP contribution in [0.1, 0.15) is 32.6 Å². The fraction of sp³-hybridized carbons (Fsp3) is 0.550. The van der Waals surface area contributed by atoms with E-state index in [1.165, 1.54) is 4.90 Å². The largest absolute Gasteiger partial charge is 0.382 e. The van der Waals surface area contributed by atoms with E-state index in [0.29, 0.717) is 31.5 Å². The smallest absolute Gasteiger partial charge is 0.319 e. The molecule has 0 aliphatic heterocycles. The SMILES string of the molecule is CCSCCC(N)C(O)C(=O)NCCCCC(=O)CN(C(N)=O)c1ccccc1.Cl. The molecule has 0 fully saturated rings. The minimum Gasteiger partial charge on any atom is -0.382 e. The first kappa shape index (κ1) is 28.2. The number of Topliss-reactive ketones (excluding diaryl/α,β-unsaturated/α-hetero) is 1. The molecular weight excluding hydrogens is 428 g/mol. The maximum Gasteiger partial charge on any atom is 0.319 e. The fourth-order valence-electron chi connectivity index (χ4n) is 2.64. The number of hydrogen-bond donors (Lipinski definition) is 4. The molecule has 0 heterocycles. The van der Waals surface area contributed by atoms with E-state index in [9.17, 15) is 19.5 Å². The Labute approximate surface area is 188 Å². The quantitative estimate of drug-likeness (QED) is 0.311. The van der Waals surface area contributed by atoms with Crippen LogP contribution in [-0.4, -0.2) is 59.6 Å². The zero-order chi connectivity index (χ0) is 21.6. The number of unbranched alkanes of at least 4 members (excludes halogenated alkanes) is 1. The van der Waals surface area contributed by atoms with Crippen molar-refractivity contribution in [2.24, 2.45) is 11.5 Å². The van der Waals surface area contributed by atoms with Gasteiger partial charge in [-0.1, -0.05) is 25.1 Å². The summed E-state index contributed by atoms with van der Waals surface area (Å²) in [6.45, 7) is 2.30. The average molecular weight is 461 g/mol. The number of anilines is 1. The van der Waals surface area contributed by atoms with Crippen LogP contribution in [0.25, 0.3) is 0 Å². The molecule has 0 bridgehead atoms. The van der Waals surface area contributed by atoms with Crippen molar-refractivity contribution in [3.63, 3.8) is 0 Å². The molecule has 0 aliphatic carbocycles. The molecule has 3 amide bonds. The normalized spacial score (nSPS) is 12.4. The van der Waals surface area contributed by atoms with Crippen LogP contribution in [-0.2, 0) is 9.59 Å². The van der Waals surface area contributed by atoms with Gasteiger partial charge in [0.1, 0.15) is 6.10 Å². The highest BCUT2D eigenvalue weighted by atomic mass is 35.5. The van der Waals surface area contributed by atoms with Gasteiger partial charge in [0.15, 0.2) is 5.78 Å². The Morgan fingerprint density at radius 2 is 1.87 bits per heavy atom. The van der Waals surface area contributed by atoms with E-state index >= 15 is 0 Å². The lowest BCUT2D eigenvalue weighted by Gasteiger charge is -2.19. The summed E-state index contributed by atoms with van der Waals surface area (Å²) >= 11 is 1.71. The van der Waals surface area contributed by atoms with Crippen molar-refractivity contribution in [2.75, 3.05) is 29.5 Å². The van der Waals surface area contributed by atoms with Crippen LogP contribution in [0.2, 0.25) is 0 Å². The van der Waals surface area contributed by atoms with Crippen LogP contribution in [0.5, 0.6) is 0 Å². The lowest BCUT2D eigenvalue weighted by Crippen LogP contribution is -2.46. The maximum absolute atomic E-state index is 12.2. The van der Waals surface area contributed by atoms with E-state index < -0.39 is 24.1 Å². The number of amides is 3. The predicted octanol–water partition coefficient (Wildman–Crippen LogP) is 1.68. The Kier molecular flexibility index (Phi) is 15.0. The van der Waals surface area contributed by atoms with Gasteiger partial charge in [0.25, 0.3) is 0 Å². The molecule has 0 aromatic heterocycles. The minimum atomic E-state index is -1.23. The Balaban J connectivity index is 0.00000841. The second kappa shape index (κ2) is 16.0. The minimum absolute atomic E-state index is 0. The molecule has 0 saturated carbocycles. The van der Waals surface area contributed by atoms with Gasteiger partial charge in [-0.05, 0) is 42.9 Å². The standard InChI is InChI=1S/C20H32N4O4S.ClH/c1-2-29-13-11-17(21)18(26)19(27)23-12-7-6-10-16(25)14-24(20(22)28)15-8-4-3-5-9-15;/h3-5,8-9,17-18,26H,2,6-7,10-14,21H2,1H3,(H2,22,28)(H,23,27);1H. The van der Waals surface area contributed by atoms with Gasteiger partial charge in [-0.2, -0.15) is 11.8 Å². The number of nitrogens with two attached hydrogens (primary N) is 2. The van der Waals surface area contributed by atoms with E-state index in [1.807, 2.05) is 13.0 Å². The molecule has 1 aromatic carbocycles. The number of ketones is 1. The molecule has 0 saturated heterocycles. The topological polar surface area (TPSA) is 139 Å². The summed E-state index contributed by atoms with van der Waals surface area (Å²) < 4.78 is 0. The highest BCUT2D eigenvalue weighted by Gasteiger charge is 2.22. The van der Waals surface area contributed by atoms with Crippen molar-refractivity contribution in [1.29, 1.82) is 0 Å². The third-order valence-corrected chi connectivity index (χ3v) is 5.26. The zero-order valence-electron chi connectivity index (χ0n) is 17.3. The molecule has 30 heavy (non-hydrogen) atoms. The molecule has 6 N–H and O–H groups in total. The van der Waals surface area contributed by atoms with Gasteiger partial charge in [-0.3, -0.25) is 14.5 Å². The highest BCUT2D eigenvalue weighted by molar-refractivity contribution is 7.99. The molecule has 2 unspecified atom stereocenters. The number of aliphatic hydroxyl groups is 1. The van der Waals surface area contributed by atoms with Gasteiger partial charge < -0.3 is 21.9 Å². The van der Waals surface area contributed by atoms with Crippen LogP contribution in [0.15, 0.2) is 30.3 Å². The summed E-state index contributed by atoms with van der Waals surface area (Å²) in [5.41, 5.74) is 11.8. The number of primary amides is 1. The second-order valence-corrected chi connectivity index (χ2v) is 8.03. The van der Waals surface area contributed by atoms with Crippen LogP contribution in [0.4, 0.5) is 10.5 Å². The molecule has 1 rings (SSSR count). The lowest BCUT2D eigenvalue weighted by molar-refractivity contribution is -0.130. The Morgan fingerprint density at radius 3 is 2.47 bits per heavy atom. The van der Waals surface area contributed by atoms with E-state index in [2.05, 4.69) is 5.32 Å². The van der Waals surface area contributed by atoms with Crippen molar-refractivity contribution in [1.82, 2.24) is 5.32 Å². The maximum atomic E-state index is 12.2. The Morgan fingerprint density at radius 1 is 1.20 bits per heavy atom. The monoisotopic (exact) mass is 460 g/mol. The number of rotatable bonds is 14. The van der Waals surface area contributed by atoms with Gasteiger partial charge in [0, 0.05) is 24.7 Å². The third kappa shape index (κ3) is 10.8. The lowest BCUT2D eigenvalue weighted by atomic mass is 10.1. The number of carbonyl (C=O) groups is 3. The summed E-state index contributed by atoms with van der Waals surface area (Å²) in [5, 5.41) is 12.6. The number of para-hydroxylation sites is 1. The summed E-state index contributed by atoms with van der Waals surface area (Å²) in [4.78, 5) is 36.9. The summed E-state index contributed by atoms with van der Waals surface area (Å²) in [6, 6.07) is 7.50. The van der Waals surface area contributed by atoms with Crippen molar-refractivity contribution >= 4 is 47.6 Å². The number of nitrogens with one attached hydrogen (secondary N) is 1.